The Morgan fingerprint density at radius 3 is 2.21 bits per heavy atom. The van der Waals surface area contributed by atoms with Crippen molar-refractivity contribution in [2.45, 2.75) is 58.4 Å². The largest absolute Gasteiger partial charge is 0.744 e. The molecule has 5 nitrogen and oxygen atoms in total. The van der Waals surface area contributed by atoms with Crippen molar-refractivity contribution in [3.8, 4) is 0 Å². The first-order valence-corrected chi connectivity index (χ1v) is 11.1. The van der Waals surface area contributed by atoms with E-state index in [1.807, 2.05) is 50.2 Å². The molecule has 1 N–H and O–H groups in total. The van der Waals surface area contributed by atoms with Crippen LogP contribution < -0.4 is 4.90 Å². The first kappa shape index (κ1) is 21.4. The molecule has 0 saturated carbocycles. The van der Waals surface area contributed by atoms with Gasteiger partial charge < -0.3 is 4.55 Å². The lowest BCUT2D eigenvalue weighted by molar-refractivity contribution is -0.677. The second-order valence-corrected chi connectivity index (χ2v) is 10.2. The van der Waals surface area contributed by atoms with Gasteiger partial charge in [0.2, 0.25) is 6.20 Å². The molecule has 0 aliphatic carbocycles. The number of benzene rings is 2. The van der Waals surface area contributed by atoms with E-state index in [1.165, 1.54) is 28.3 Å². The van der Waals surface area contributed by atoms with E-state index < -0.39 is 10.1 Å². The zero-order valence-corrected chi connectivity index (χ0v) is 18.7. The minimum Gasteiger partial charge on any atom is -0.744 e. The zero-order chi connectivity index (χ0) is 21.6. The van der Waals surface area contributed by atoms with Gasteiger partial charge in [0.05, 0.1) is 0 Å². The molecule has 1 heterocycles. The van der Waals surface area contributed by atoms with Crippen LogP contribution in [-0.2, 0) is 22.1 Å². The molecule has 6 heteroatoms. The highest BCUT2D eigenvalue weighted by Crippen LogP contribution is 2.28. The van der Waals surface area contributed by atoms with Crippen molar-refractivity contribution in [1.29, 1.82) is 0 Å². The number of aryl methyl sites for hydroxylation is 3. The summed E-state index contributed by atoms with van der Waals surface area (Å²) < 4.78 is 37.9. The Morgan fingerprint density at radius 1 is 1.03 bits per heavy atom. The minimum absolute atomic E-state index is 0.162. The van der Waals surface area contributed by atoms with Crippen LogP contribution in [0.4, 0.5) is 5.69 Å². The van der Waals surface area contributed by atoms with E-state index in [9.17, 15) is 13.0 Å². The summed E-state index contributed by atoms with van der Waals surface area (Å²) in [5.41, 5.74) is 5.97. The maximum atomic E-state index is 12.0. The Hall–Kier alpha value is -2.28. The van der Waals surface area contributed by atoms with Crippen molar-refractivity contribution in [1.82, 2.24) is 0 Å². The van der Waals surface area contributed by atoms with Crippen LogP contribution in [0, 0.1) is 20.8 Å². The Balaban J connectivity index is 1.98. The van der Waals surface area contributed by atoms with Gasteiger partial charge in [-0.05, 0) is 48.9 Å². The van der Waals surface area contributed by atoms with E-state index in [0.717, 1.165) is 10.5 Å². The van der Waals surface area contributed by atoms with Crippen LogP contribution >= 0.6 is 0 Å². The molecule has 1 atom stereocenters. The normalized spacial score (nSPS) is 16.9. The predicted octanol–water partition coefficient (Wildman–Crippen LogP) is 3.06. The number of hydrogen-bond acceptors (Lipinski definition) is 3. The van der Waals surface area contributed by atoms with Crippen molar-refractivity contribution in [3.05, 3.63) is 70.5 Å². The van der Waals surface area contributed by atoms with Gasteiger partial charge >= 0.3 is 6.34 Å². The summed E-state index contributed by atoms with van der Waals surface area (Å²) in [6.45, 7) is 13.0. The molecule has 0 saturated heterocycles. The van der Waals surface area contributed by atoms with Crippen LogP contribution in [0.5, 0.6) is 0 Å². The van der Waals surface area contributed by atoms with Crippen LogP contribution in [0.1, 0.15) is 48.6 Å². The molecule has 0 fully saturated rings. The lowest BCUT2D eigenvalue weighted by Gasteiger charge is -2.21. The second kappa shape index (κ2) is 7.52. The summed E-state index contributed by atoms with van der Waals surface area (Å²) in [4.78, 5) is 0.563. The summed E-state index contributed by atoms with van der Waals surface area (Å²) >= 11 is 0. The first-order valence-electron chi connectivity index (χ1n) is 9.69. The lowest BCUT2D eigenvalue weighted by atomic mass is 9.87. The smallest absolute Gasteiger partial charge is 0.340 e. The number of nitrogens with one attached hydrogen (secondary N) is 1. The fraction of sp³-hybridized carbons (Fsp3) is 0.348. The van der Waals surface area contributed by atoms with Crippen LogP contribution in [0.15, 0.2) is 47.6 Å². The third kappa shape index (κ3) is 4.66. The van der Waals surface area contributed by atoms with Crippen LogP contribution in [0.3, 0.4) is 0 Å². The highest BCUT2D eigenvalue weighted by atomic mass is 32.2. The van der Waals surface area contributed by atoms with Gasteiger partial charge in [0, 0.05) is 11.6 Å². The van der Waals surface area contributed by atoms with Crippen molar-refractivity contribution in [2.24, 2.45) is 0 Å². The molecular weight excluding hydrogens is 384 g/mol. The van der Waals surface area contributed by atoms with E-state index in [0.29, 0.717) is 12.2 Å². The van der Waals surface area contributed by atoms with E-state index >= 15 is 0 Å². The molecular formula is C23H29N2O3S+. The molecule has 154 valence electrons. The molecule has 0 spiro atoms. The van der Waals surface area contributed by atoms with Crippen molar-refractivity contribution >= 4 is 22.1 Å². The van der Waals surface area contributed by atoms with E-state index in [2.05, 4.69) is 32.9 Å². The maximum Gasteiger partial charge on any atom is 0.340 e. The van der Waals surface area contributed by atoms with Gasteiger partial charge in [-0.3, -0.25) is 0 Å². The fourth-order valence-corrected chi connectivity index (χ4v) is 4.50. The molecule has 1 aliphatic rings. The highest BCUT2D eigenvalue weighted by molar-refractivity contribution is 7.85. The molecule has 3 rings (SSSR count). The molecule has 29 heavy (non-hydrogen) atoms. The van der Waals surface area contributed by atoms with Crippen LogP contribution in [0.2, 0.25) is 0 Å². The average molecular weight is 414 g/mol. The molecule has 0 bridgehead atoms. The Kier molecular flexibility index (Phi) is 5.56. The van der Waals surface area contributed by atoms with Gasteiger partial charge in [0.25, 0.3) is 0 Å². The summed E-state index contributed by atoms with van der Waals surface area (Å²) in [7, 11) is -4.59. The Labute approximate surface area is 173 Å². The van der Waals surface area contributed by atoms with Crippen molar-refractivity contribution in [2.75, 3.05) is 0 Å². The highest BCUT2D eigenvalue weighted by Gasteiger charge is 2.28. The van der Waals surface area contributed by atoms with E-state index in [4.69, 9.17) is 0 Å². The van der Waals surface area contributed by atoms with Crippen molar-refractivity contribution < 1.29 is 22.4 Å². The summed E-state index contributed by atoms with van der Waals surface area (Å²) in [6, 6.07) is 9.49. The number of hydrogen-bond donors (Lipinski definition) is 1. The standard InChI is InChI=1S/C23H28N2O3S/c1-16-11-17(2)20(18(3)12-16)14-24-9-10-25(15-24)21-8-7-19(23(4,5)6)13-22(21)29(26,27)28/h7-13,15H,14H2,1-6H3/p+1. The van der Waals surface area contributed by atoms with E-state index in [-0.39, 0.29) is 10.3 Å². The topological polar surface area (TPSA) is 64.7 Å². The average Bonchev–Trinajstić information content (AvgIpc) is 3.04. The summed E-state index contributed by atoms with van der Waals surface area (Å²) in [5.74, 6) is 0. The molecule has 1 aliphatic heterocycles. The predicted molar refractivity (Wildman–Crippen MR) is 114 cm³/mol. The summed E-state index contributed by atoms with van der Waals surface area (Å²) in [5, 5.41) is 0. The molecule has 1 unspecified atom stereocenters. The van der Waals surface area contributed by atoms with Crippen LogP contribution in [-0.4, -0.2) is 23.9 Å². The SMILES string of the molecule is Cc1cc(C)c(C[N+]2=C[NH+](c3ccc(C(C)(C)C)cc3S(=O)(=O)[O-])C=C2)c(C)c1. The zero-order valence-electron chi connectivity index (χ0n) is 17.9. The third-order valence-electron chi connectivity index (χ3n) is 5.36. The molecule has 2 aromatic rings. The second-order valence-electron chi connectivity index (χ2n) is 8.86. The maximum absolute atomic E-state index is 12.0. The van der Waals surface area contributed by atoms with Gasteiger partial charge in [0.15, 0.2) is 18.4 Å². The van der Waals surface area contributed by atoms with Gasteiger partial charge in [-0.15, -0.1) is 4.58 Å². The van der Waals surface area contributed by atoms with E-state index in [1.54, 1.807) is 6.07 Å². The van der Waals surface area contributed by atoms with Crippen molar-refractivity contribution in [3.63, 3.8) is 0 Å². The third-order valence-corrected chi connectivity index (χ3v) is 6.24. The minimum atomic E-state index is -4.59. The van der Waals surface area contributed by atoms with Gasteiger partial charge in [-0.2, -0.15) is 4.90 Å². The quantitative estimate of drug-likeness (QED) is 0.619. The lowest BCUT2D eigenvalue weighted by Crippen LogP contribution is -3.00. The molecule has 2 aromatic carbocycles. The Bertz CT molecular complexity index is 1100. The van der Waals surface area contributed by atoms with Gasteiger partial charge in [0.1, 0.15) is 15.0 Å². The first-order chi connectivity index (χ1) is 13.4. The number of nitrogens with zero attached hydrogens (tertiary/aromatic N) is 1. The number of rotatable bonds is 4. The van der Waals surface area contributed by atoms with Crippen LogP contribution in [0.25, 0.3) is 0 Å². The Morgan fingerprint density at radius 2 is 1.66 bits per heavy atom. The fourth-order valence-electron chi connectivity index (χ4n) is 3.77. The van der Waals surface area contributed by atoms with Gasteiger partial charge in [-0.25, -0.2) is 8.42 Å². The molecule has 0 amide bonds. The molecule has 0 radical (unpaired) electrons. The summed E-state index contributed by atoms with van der Waals surface area (Å²) in [6.07, 6.45) is 5.69. The monoisotopic (exact) mass is 413 g/mol. The van der Waals surface area contributed by atoms with Gasteiger partial charge in [-0.1, -0.05) is 44.5 Å². The number of quaternary nitrogens is 1. The molecule has 0 aromatic heterocycles.